The lowest BCUT2D eigenvalue weighted by molar-refractivity contribution is -0.192. The Morgan fingerprint density at radius 3 is 2.49 bits per heavy atom. The Labute approximate surface area is 266 Å². The fraction of sp³-hybridized carbons (Fsp3) is 0.448. The lowest BCUT2D eigenvalue weighted by Gasteiger charge is -2.20. The molecular formula is C29H36F3N9O6. The van der Waals surface area contributed by atoms with Gasteiger partial charge in [0.05, 0.1) is 37.4 Å². The minimum absolute atomic E-state index is 0.129. The van der Waals surface area contributed by atoms with Gasteiger partial charge in [-0.25, -0.2) is 14.8 Å². The van der Waals surface area contributed by atoms with Crippen molar-refractivity contribution >= 4 is 34.8 Å². The number of alkyl halides is 3. The molecule has 1 aliphatic carbocycles. The number of carbonyl (C=O) groups is 2. The van der Waals surface area contributed by atoms with E-state index in [2.05, 4.69) is 35.9 Å². The lowest BCUT2D eigenvalue weighted by Crippen LogP contribution is -2.42. The molecule has 3 heterocycles. The van der Waals surface area contributed by atoms with E-state index < -0.39 is 36.4 Å². The smallest absolute Gasteiger partial charge is 0.475 e. The number of carbonyl (C=O) groups excluding carboxylic acids is 1. The lowest BCUT2D eigenvalue weighted by atomic mass is 10.1. The van der Waals surface area contributed by atoms with Crippen molar-refractivity contribution in [2.24, 2.45) is 0 Å². The number of carboxylic acid groups (broad SMARTS) is 1. The highest BCUT2D eigenvalue weighted by molar-refractivity contribution is 5.84. The molecule has 1 amide bonds. The Hall–Kier alpha value is -4.81. The molecule has 0 unspecified atom stereocenters. The van der Waals surface area contributed by atoms with E-state index in [-0.39, 0.29) is 25.0 Å². The molecule has 5 rings (SSSR count). The van der Waals surface area contributed by atoms with Gasteiger partial charge in [0.25, 0.3) is 0 Å². The predicted octanol–water partition coefficient (Wildman–Crippen LogP) is 1.41. The van der Waals surface area contributed by atoms with Gasteiger partial charge < -0.3 is 45.9 Å². The van der Waals surface area contributed by atoms with E-state index in [1.807, 2.05) is 30.3 Å². The number of fused-ring (bicyclic) bond motifs is 1. The molecule has 0 saturated heterocycles. The first-order valence-corrected chi connectivity index (χ1v) is 14.7. The molecule has 8 N–H and O–H groups in total. The molecule has 18 heteroatoms. The van der Waals surface area contributed by atoms with E-state index in [1.165, 1.54) is 0 Å². The summed E-state index contributed by atoms with van der Waals surface area (Å²) in [6.45, 7) is 2.14. The van der Waals surface area contributed by atoms with Gasteiger partial charge in [0.1, 0.15) is 12.2 Å². The third-order valence-electron chi connectivity index (χ3n) is 7.46. The van der Waals surface area contributed by atoms with Crippen LogP contribution in [-0.2, 0) is 22.4 Å². The highest BCUT2D eigenvalue weighted by atomic mass is 19.4. The number of amides is 1. The monoisotopic (exact) mass is 663 g/mol. The molecule has 1 saturated carbocycles. The van der Waals surface area contributed by atoms with Gasteiger partial charge in [0.15, 0.2) is 17.0 Å². The number of H-pyrrole nitrogens is 1. The molecule has 0 aliphatic heterocycles. The zero-order chi connectivity index (χ0) is 34.1. The topological polar surface area (TPSA) is 223 Å². The first kappa shape index (κ1) is 35.1. The van der Waals surface area contributed by atoms with Crippen molar-refractivity contribution in [3.8, 4) is 0 Å². The Morgan fingerprint density at radius 2 is 1.87 bits per heavy atom. The molecule has 0 bridgehead atoms. The molecule has 3 aromatic heterocycles. The van der Waals surface area contributed by atoms with Crippen molar-refractivity contribution in [2.75, 3.05) is 23.8 Å². The van der Waals surface area contributed by atoms with E-state index in [1.54, 1.807) is 30.3 Å². The number of aliphatic carboxylic acids is 1. The number of hydrogen-bond donors (Lipinski definition) is 8. The van der Waals surface area contributed by atoms with Crippen LogP contribution in [0.1, 0.15) is 37.1 Å². The highest BCUT2D eigenvalue weighted by Gasteiger charge is 2.44. The summed E-state index contributed by atoms with van der Waals surface area (Å²) in [6, 6.07) is 8.34. The van der Waals surface area contributed by atoms with Crippen LogP contribution in [0.25, 0.3) is 11.2 Å². The second-order valence-electron chi connectivity index (χ2n) is 10.8. The molecule has 0 radical (unpaired) electrons. The SMILES string of the molecule is CCC(=O)N[C@H]1C[C@@H](n2cnc3c(N[C@H](CO)Cc4ccccc4)nc(NCCc4cnc[nH]4)nc32)[C@H](O)[C@@H]1O.O=C(O)C(F)(F)F. The zero-order valence-corrected chi connectivity index (χ0v) is 25.2. The van der Waals surface area contributed by atoms with Gasteiger partial charge in [-0.15, -0.1) is 0 Å². The van der Waals surface area contributed by atoms with E-state index in [9.17, 15) is 33.3 Å². The number of anilines is 2. The number of benzene rings is 1. The fourth-order valence-electron chi connectivity index (χ4n) is 5.06. The second-order valence-corrected chi connectivity index (χ2v) is 10.8. The van der Waals surface area contributed by atoms with Crippen LogP contribution in [0, 0.1) is 0 Å². The van der Waals surface area contributed by atoms with Crippen molar-refractivity contribution in [3.63, 3.8) is 0 Å². The number of hydrogen-bond acceptors (Lipinski definition) is 11. The molecule has 1 aliphatic rings. The highest BCUT2D eigenvalue weighted by Crippen LogP contribution is 2.34. The number of imidazole rings is 2. The molecule has 5 atom stereocenters. The van der Waals surface area contributed by atoms with Gasteiger partial charge in [-0.05, 0) is 18.4 Å². The zero-order valence-electron chi connectivity index (χ0n) is 25.2. The number of aromatic nitrogens is 6. The Kier molecular flexibility index (Phi) is 11.7. The van der Waals surface area contributed by atoms with Crippen LogP contribution in [0.3, 0.4) is 0 Å². The average molecular weight is 664 g/mol. The maximum absolute atomic E-state index is 12.0. The van der Waals surface area contributed by atoms with Gasteiger partial charge >= 0.3 is 12.1 Å². The molecule has 15 nitrogen and oxygen atoms in total. The fourth-order valence-corrected chi connectivity index (χ4v) is 5.06. The summed E-state index contributed by atoms with van der Waals surface area (Å²) in [6.07, 6.45) is -0.581. The minimum atomic E-state index is -5.08. The number of nitrogens with zero attached hydrogens (tertiary/aromatic N) is 5. The normalized spacial score (nSPS) is 19.9. The van der Waals surface area contributed by atoms with Crippen molar-refractivity contribution in [1.29, 1.82) is 0 Å². The van der Waals surface area contributed by atoms with Gasteiger partial charge in [-0.3, -0.25) is 4.79 Å². The van der Waals surface area contributed by atoms with Gasteiger partial charge in [0, 0.05) is 31.3 Å². The first-order valence-electron chi connectivity index (χ1n) is 14.7. The van der Waals surface area contributed by atoms with Crippen LogP contribution in [0.15, 0.2) is 49.2 Å². The summed E-state index contributed by atoms with van der Waals surface area (Å²) in [5, 5.41) is 48.2. The van der Waals surface area contributed by atoms with Crippen molar-refractivity contribution in [2.45, 2.75) is 69.1 Å². The maximum Gasteiger partial charge on any atom is 0.490 e. The van der Waals surface area contributed by atoms with Crippen LogP contribution in [-0.4, -0.2) is 105 Å². The number of aliphatic hydroxyl groups excluding tert-OH is 3. The van der Waals surface area contributed by atoms with Crippen molar-refractivity contribution < 1.29 is 43.2 Å². The molecule has 4 aromatic rings. The number of rotatable bonds is 12. The summed E-state index contributed by atoms with van der Waals surface area (Å²) in [5.74, 6) is -2.17. The van der Waals surface area contributed by atoms with Crippen LogP contribution in [0.4, 0.5) is 24.9 Å². The summed E-state index contributed by atoms with van der Waals surface area (Å²) < 4.78 is 33.5. The van der Waals surface area contributed by atoms with E-state index >= 15 is 0 Å². The predicted molar refractivity (Wildman–Crippen MR) is 162 cm³/mol. The molecule has 1 fully saturated rings. The number of nitrogens with one attached hydrogen (secondary N) is 4. The summed E-state index contributed by atoms with van der Waals surface area (Å²) in [5.41, 5.74) is 2.94. The standard InChI is InChI=1S/C27H35N9O4.C2HF3O2/c1-2-21(38)33-19-11-20(24(40)23(19)39)36-15-31-22-25(32-18(13-37)10-16-6-4-3-5-7-16)34-27(35-26(22)36)29-9-8-17-12-28-14-30-17;3-2(4,5)1(6)7/h3-7,12,14-15,18-20,23-24,37,39-40H,2,8-11,13H2,1H3,(H,28,30)(H,33,38)(H2,29,32,34,35);(H,6,7)/t18-,19-,20+,23+,24-;/m0./s1. The van der Waals surface area contributed by atoms with Gasteiger partial charge in [-0.1, -0.05) is 37.3 Å². The van der Waals surface area contributed by atoms with Crippen LogP contribution in [0.5, 0.6) is 0 Å². The van der Waals surface area contributed by atoms with E-state index in [0.29, 0.717) is 48.7 Å². The summed E-state index contributed by atoms with van der Waals surface area (Å²) >= 11 is 0. The summed E-state index contributed by atoms with van der Waals surface area (Å²) in [7, 11) is 0. The van der Waals surface area contributed by atoms with Crippen molar-refractivity contribution in [3.05, 3.63) is 60.4 Å². The first-order chi connectivity index (χ1) is 22.4. The van der Waals surface area contributed by atoms with Gasteiger partial charge in [-0.2, -0.15) is 23.1 Å². The largest absolute Gasteiger partial charge is 0.490 e. The second kappa shape index (κ2) is 15.7. The van der Waals surface area contributed by atoms with E-state index in [0.717, 1.165) is 11.3 Å². The molecular weight excluding hydrogens is 627 g/mol. The summed E-state index contributed by atoms with van der Waals surface area (Å²) in [4.78, 5) is 41.9. The number of carboxylic acids is 1. The molecule has 0 spiro atoms. The van der Waals surface area contributed by atoms with Crippen LogP contribution >= 0.6 is 0 Å². The molecule has 1 aromatic carbocycles. The third kappa shape index (κ3) is 9.14. The minimum Gasteiger partial charge on any atom is -0.475 e. The maximum atomic E-state index is 12.0. The Morgan fingerprint density at radius 1 is 1.15 bits per heavy atom. The van der Waals surface area contributed by atoms with Crippen LogP contribution < -0.4 is 16.0 Å². The molecule has 254 valence electrons. The number of aliphatic hydroxyl groups is 3. The average Bonchev–Trinajstić information content (AvgIpc) is 3.78. The quantitative estimate of drug-likeness (QED) is 0.108. The Balaban J connectivity index is 0.000000644. The van der Waals surface area contributed by atoms with E-state index in [4.69, 9.17) is 14.9 Å². The molecule has 47 heavy (non-hydrogen) atoms. The van der Waals surface area contributed by atoms with Crippen LogP contribution in [0.2, 0.25) is 0 Å². The number of halogens is 3. The van der Waals surface area contributed by atoms with Gasteiger partial charge in [0.2, 0.25) is 11.9 Å². The third-order valence-corrected chi connectivity index (χ3v) is 7.46. The van der Waals surface area contributed by atoms with Crippen molar-refractivity contribution in [1.82, 2.24) is 34.8 Å². The Bertz CT molecular complexity index is 1600. The number of aromatic amines is 1.